The van der Waals surface area contributed by atoms with Crippen molar-refractivity contribution < 1.29 is 4.79 Å². The Bertz CT molecular complexity index is 853. The van der Waals surface area contributed by atoms with E-state index in [1.54, 1.807) is 0 Å². The summed E-state index contributed by atoms with van der Waals surface area (Å²) in [4.78, 5) is 27.5. The maximum Gasteiger partial charge on any atom is 0.277 e. The van der Waals surface area contributed by atoms with E-state index in [0.717, 1.165) is 35.9 Å². The van der Waals surface area contributed by atoms with Crippen LogP contribution >= 0.6 is 11.8 Å². The molecular formula is C21H28N4O2S. The molecule has 28 heavy (non-hydrogen) atoms. The fraction of sp³-hybridized carbons (Fsp3) is 0.476. The van der Waals surface area contributed by atoms with Crippen LogP contribution in [0, 0.1) is 0 Å². The molecule has 1 aromatic heterocycles. The normalized spacial score (nSPS) is 17.4. The van der Waals surface area contributed by atoms with E-state index in [4.69, 9.17) is 0 Å². The molecule has 150 valence electrons. The Balaban J connectivity index is 1.70. The number of nitrogens with one attached hydrogen (secondary N) is 2. The molecule has 6 nitrogen and oxygen atoms in total. The van der Waals surface area contributed by atoms with Gasteiger partial charge in [-0.1, -0.05) is 44.2 Å². The summed E-state index contributed by atoms with van der Waals surface area (Å²) in [6.45, 7) is 6.33. The van der Waals surface area contributed by atoms with Gasteiger partial charge < -0.3 is 5.32 Å². The molecule has 1 aromatic carbocycles. The molecule has 1 fully saturated rings. The number of thioether (sulfide) groups is 1. The Labute approximate surface area is 170 Å². The lowest BCUT2D eigenvalue weighted by molar-refractivity contribution is 0.0932. The number of carbonyl (C=O) groups is 1. The average Bonchev–Trinajstić information content (AvgIpc) is 2.73. The zero-order valence-corrected chi connectivity index (χ0v) is 17.3. The largest absolute Gasteiger partial charge is 0.350 e. The van der Waals surface area contributed by atoms with Gasteiger partial charge in [0.05, 0.1) is 5.69 Å². The van der Waals surface area contributed by atoms with Gasteiger partial charge in [-0.2, -0.15) is 16.9 Å². The van der Waals surface area contributed by atoms with Crippen molar-refractivity contribution in [1.29, 1.82) is 0 Å². The van der Waals surface area contributed by atoms with E-state index in [0.29, 0.717) is 19.4 Å². The molecule has 1 atom stereocenters. The monoisotopic (exact) mass is 400 g/mol. The van der Waals surface area contributed by atoms with Crippen LogP contribution < -0.4 is 10.9 Å². The molecule has 1 aliphatic rings. The summed E-state index contributed by atoms with van der Waals surface area (Å²) in [5, 5.41) is 9.57. The molecule has 0 unspecified atom stereocenters. The summed E-state index contributed by atoms with van der Waals surface area (Å²) in [5.74, 6) is 1.77. The highest BCUT2D eigenvalue weighted by Crippen LogP contribution is 2.19. The maximum absolute atomic E-state index is 12.8. The molecule has 0 aliphatic carbocycles. The Kier molecular flexibility index (Phi) is 7.28. The molecule has 1 saturated heterocycles. The van der Waals surface area contributed by atoms with Crippen molar-refractivity contribution in [2.24, 2.45) is 0 Å². The second-order valence-corrected chi connectivity index (χ2v) is 8.10. The molecule has 0 saturated carbocycles. The van der Waals surface area contributed by atoms with Gasteiger partial charge in [-0.25, -0.2) is 5.10 Å². The summed E-state index contributed by atoms with van der Waals surface area (Å²) in [5.41, 5.74) is 2.62. The van der Waals surface area contributed by atoms with Gasteiger partial charge in [0.25, 0.3) is 11.5 Å². The van der Waals surface area contributed by atoms with Crippen LogP contribution in [0.1, 0.15) is 41.0 Å². The van der Waals surface area contributed by atoms with Crippen LogP contribution in [-0.2, 0) is 19.4 Å². The van der Waals surface area contributed by atoms with E-state index < -0.39 is 5.56 Å². The van der Waals surface area contributed by atoms with Crippen molar-refractivity contribution in [2.45, 2.75) is 39.3 Å². The van der Waals surface area contributed by atoms with Gasteiger partial charge in [0.15, 0.2) is 0 Å². The number of amides is 1. The van der Waals surface area contributed by atoms with Crippen LogP contribution in [0.15, 0.2) is 35.1 Å². The first-order valence-corrected chi connectivity index (χ1v) is 11.0. The molecule has 7 heteroatoms. The van der Waals surface area contributed by atoms with Crippen LogP contribution in [0.2, 0.25) is 0 Å². The summed E-state index contributed by atoms with van der Waals surface area (Å²) in [6, 6.07) is 10.6. The van der Waals surface area contributed by atoms with Gasteiger partial charge >= 0.3 is 0 Å². The molecule has 1 aliphatic heterocycles. The maximum atomic E-state index is 12.8. The number of H-pyrrole nitrogens is 1. The Morgan fingerprint density at radius 1 is 1.29 bits per heavy atom. The van der Waals surface area contributed by atoms with Gasteiger partial charge in [-0.05, 0) is 24.0 Å². The van der Waals surface area contributed by atoms with Crippen molar-refractivity contribution in [2.75, 3.05) is 24.6 Å². The van der Waals surface area contributed by atoms with Gasteiger partial charge in [0, 0.05) is 37.2 Å². The molecule has 2 N–H and O–H groups in total. The molecule has 0 spiro atoms. The second kappa shape index (κ2) is 9.89. The minimum atomic E-state index is -0.411. The highest BCUT2D eigenvalue weighted by Gasteiger charge is 2.25. The third-order valence-electron chi connectivity index (χ3n) is 5.16. The van der Waals surface area contributed by atoms with Gasteiger partial charge in [-0.3, -0.25) is 14.5 Å². The highest BCUT2D eigenvalue weighted by atomic mass is 32.2. The first kappa shape index (κ1) is 20.6. The van der Waals surface area contributed by atoms with Crippen LogP contribution in [0.3, 0.4) is 0 Å². The Morgan fingerprint density at radius 3 is 2.79 bits per heavy atom. The first-order chi connectivity index (χ1) is 13.6. The predicted molar refractivity (Wildman–Crippen MR) is 114 cm³/mol. The predicted octanol–water partition coefficient (Wildman–Crippen LogP) is 2.24. The van der Waals surface area contributed by atoms with Crippen molar-refractivity contribution in [3.63, 3.8) is 0 Å². The molecular weight excluding hydrogens is 372 g/mol. The minimum Gasteiger partial charge on any atom is -0.350 e. The van der Waals surface area contributed by atoms with Crippen molar-refractivity contribution >= 4 is 17.7 Å². The number of nitrogens with zero attached hydrogens (tertiary/aromatic N) is 2. The lowest BCUT2D eigenvalue weighted by Crippen LogP contribution is -2.49. The summed E-state index contributed by atoms with van der Waals surface area (Å²) >= 11 is 1.91. The number of carbonyl (C=O) groups excluding carboxylic acids is 1. The summed E-state index contributed by atoms with van der Waals surface area (Å²) in [7, 11) is 0. The van der Waals surface area contributed by atoms with E-state index in [9.17, 15) is 9.59 Å². The number of hydrogen-bond acceptors (Lipinski definition) is 5. The molecule has 0 bridgehead atoms. The topological polar surface area (TPSA) is 78.1 Å². The summed E-state index contributed by atoms with van der Waals surface area (Å²) in [6.07, 6.45) is 1.30. The average molecular weight is 401 g/mol. The van der Waals surface area contributed by atoms with E-state index in [1.165, 1.54) is 5.56 Å². The lowest BCUT2D eigenvalue weighted by atomic mass is 10.0. The number of aromatic amines is 1. The van der Waals surface area contributed by atoms with Crippen molar-refractivity contribution in [1.82, 2.24) is 20.4 Å². The van der Waals surface area contributed by atoms with E-state index in [-0.39, 0.29) is 17.5 Å². The first-order valence-electron chi connectivity index (χ1n) is 9.88. The molecule has 0 radical (unpaired) electrons. The van der Waals surface area contributed by atoms with Crippen molar-refractivity contribution in [3.8, 4) is 0 Å². The van der Waals surface area contributed by atoms with Crippen LogP contribution in [0.25, 0.3) is 0 Å². The van der Waals surface area contributed by atoms with E-state index >= 15 is 0 Å². The minimum absolute atomic E-state index is 0.215. The van der Waals surface area contributed by atoms with Gasteiger partial charge in [0.2, 0.25) is 0 Å². The lowest BCUT2D eigenvalue weighted by Gasteiger charge is -2.35. The number of benzene rings is 1. The van der Waals surface area contributed by atoms with Gasteiger partial charge in [0.1, 0.15) is 5.56 Å². The quantitative estimate of drug-likeness (QED) is 0.745. The molecule has 1 amide bonds. The second-order valence-electron chi connectivity index (χ2n) is 6.95. The Morgan fingerprint density at radius 2 is 2.07 bits per heavy atom. The van der Waals surface area contributed by atoms with Crippen LogP contribution in [0.5, 0.6) is 0 Å². The van der Waals surface area contributed by atoms with Crippen LogP contribution in [-0.4, -0.2) is 51.6 Å². The number of aromatic nitrogens is 2. The summed E-state index contributed by atoms with van der Waals surface area (Å²) < 4.78 is 0. The number of rotatable bonds is 7. The molecule has 2 heterocycles. The number of hydrogen-bond donors (Lipinski definition) is 2. The fourth-order valence-electron chi connectivity index (χ4n) is 3.64. The molecule has 3 rings (SSSR count). The third-order valence-corrected chi connectivity index (χ3v) is 6.25. The SMILES string of the molecule is CCc1n[nH]c(=O)c(C(=O)NC[C@H]2CSCCN2Cc2ccccc2)c1CC. The van der Waals surface area contributed by atoms with Crippen molar-refractivity contribution in [3.05, 3.63) is 63.1 Å². The standard InChI is InChI=1S/C21H28N4O2S/c1-3-17-18(4-2)23-24-21(27)19(17)20(26)22-12-16-14-28-11-10-25(16)13-15-8-6-5-7-9-15/h5-9,16H,3-4,10-14H2,1-2H3,(H,22,26)(H,24,27)/t16-/m0/s1. The fourth-order valence-corrected chi connectivity index (χ4v) is 4.77. The van der Waals surface area contributed by atoms with E-state index in [2.05, 4.69) is 44.7 Å². The smallest absolute Gasteiger partial charge is 0.277 e. The highest BCUT2D eigenvalue weighted by molar-refractivity contribution is 7.99. The zero-order chi connectivity index (χ0) is 19.9. The van der Waals surface area contributed by atoms with E-state index in [1.807, 2.05) is 31.7 Å². The van der Waals surface area contributed by atoms with Crippen LogP contribution in [0.4, 0.5) is 0 Å². The Hall–Kier alpha value is -2.12. The number of aryl methyl sites for hydroxylation is 1. The zero-order valence-electron chi connectivity index (χ0n) is 16.5. The molecule has 2 aromatic rings. The van der Waals surface area contributed by atoms with Gasteiger partial charge in [-0.15, -0.1) is 0 Å². The third kappa shape index (κ3) is 4.83.